The molecule has 1 fully saturated rings. The molecular weight excluding hydrogens is 386 g/mol. The van der Waals surface area contributed by atoms with Crippen LogP contribution in [0.5, 0.6) is 5.75 Å². The molecule has 29 heavy (non-hydrogen) atoms. The van der Waals surface area contributed by atoms with Gasteiger partial charge in [-0.05, 0) is 48.7 Å². The molecule has 1 saturated heterocycles. The summed E-state index contributed by atoms with van der Waals surface area (Å²) in [6.45, 7) is 1.48. The Balaban J connectivity index is 0.00000240. The standard InChI is InChI=1S/C23H27N3O2.ClH/c1-28-17-11-9-16(10-12-17)19(14-26-23(27)22-8-4-5-13-24-22)20-15-25-21-7-3-2-6-18(20)21;/h2-3,6-7,9-12,15,19,22,24-25H,4-5,8,13-14H2,1H3,(H,26,27);1H. The maximum absolute atomic E-state index is 12.7. The van der Waals surface area contributed by atoms with E-state index in [9.17, 15) is 4.79 Å². The normalized spacial score (nSPS) is 17.3. The van der Waals surface area contributed by atoms with Crippen LogP contribution in [0, 0.1) is 0 Å². The zero-order valence-electron chi connectivity index (χ0n) is 16.6. The number of aromatic amines is 1. The van der Waals surface area contributed by atoms with E-state index in [4.69, 9.17) is 4.74 Å². The third-order valence-electron chi connectivity index (χ3n) is 5.62. The third kappa shape index (κ3) is 4.74. The van der Waals surface area contributed by atoms with Gasteiger partial charge in [-0.3, -0.25) is 4.79 Å². The molecule has 1 aromatic heterocycles. The molecule has 1 aliphatic rings. The van der Waals surface area contributed by atoms with E-state index < -0.39 is 0 Å². The maximum Gasteiger partial charge on any atom is 0.237 e. The third-order valence-corrected chi connectivity index (χ3v) is 5.62. The Labute approximate surface area is 177 Å². The van der Waals surface area contributed by atoms with Crippen LogP contribution < -0.4 is 15.4 Å². The second-order valence-corrected chi connectivity index (χ2v) is 7.36. The smallest absolute Gasteiger partial charge is 0.237 e. The minimum Gasteiger partial charge on any atom is -0.497 e. The Hall–Kier alpha value is -2.50. The van der Waals surface area contributed by atoms with Crippen LogP contribution in [0.2, 0.25) is 0 Å². The fourth-order valence-corrected chi connectivity index (χ4v) is 4.03. The molecule has 0 saturated carbocycles. The highest BCUT2D eigenvalue weighted by molar-refractivity contribution is 5.85. The second kappa shape index (κ2) is 9.81. The Morgan fingerprint density at radius 2 is 1.97 bits per heavy atom. The van der Waals surface area contributed by atoms with Crippen molar-refractivity contribution in [2.45, 2.75) is 31.2 Å². The monoisotopic (exact) mass is 413 g/mol. The minimum absolute atomic E-state index is 0. The summed E-state index contributed by atoms with van der Waals surface area (Å²) in [6, 6.07) is 16.3. The topological polar surface area (TPSA) is 66.2 Å². The average molecular weight is 414 g/mol. The number of rotatable bonds is 6. The van der Waals surface area contributed by atoms with Gasteiger partial charge in [0.2, 0.25) is 5.91 Å². The van der Waals surface area contributed by atoms with Gasteiger partial charge in [0.15, 0.2) is 0 Å². The largest absolute Gasteiger partial charge is 0.497 e. The van der Waals surface area contributed by atoms with Crippen LogP contribution in [-0.2, 0) is 4.79 Å². The van der Waals surface area contributed by atoms with Crippen LogP contribution in [0.25, 0.3) is 10.9 Å². The van der Waals surface area contributed by atoms with Crippen molar-refractivity contribution < 1.29 is 9.53 Å². The van der Waals surface area contributed by atoms with E-state index in [0.717, 1.165) is 42.6 Å². The number of fused-ring (bicyclic) bond motifs is 1. The highest BCUT2D eigenvalue weighted by atomic mass is 35.5. The molecule has 2 unspecified atom stereocenters. The molecular formula is C23H28ClN3O2. The van der Waals surface area contributed by atoms with Crippen LogP contribution in [0.1, 0.15) is 36.3 Å². The van der Waals surface area contributed by atoms with E-state index in [-0.39, 0.29) is 30.3 Å². The summed E-state index contributed by atoms with van der Waals surface area (Å²) in [4.78, 5) is 16.0. The van der Waals surface area contributed by atoms with Crippen LogP contribution in [0.15, 0.2) is 54.7 Å². The number of benzene rings is 2. The van der Waals surface area contributed by atoms with E-state index in [2.05, 4.69) is 52.1 Å². The Morgan fingerprint density at radius 1 is 1.17 bits per heavy atom. The lowest BCUT2D eigenvalue weighted by Crippen LogP contribution is -2.47. The number of piperidine rings is 1. The number of nitrogens with one attached hydrogen (secondary N) is 3. The van der Waals surface area contributed by atoms with Crippen molar-refractivity contribution in [3.8, 4) is 5.75 Å². The van der Waals surface area contributed by atoms with E-state index in [0.29, 0.717) is 6.54 Å². The van der Waals surface area contributed by atoms with Gasteiger partial charge >= 0.3 is 0 Å². The molecule has 1 amide bonds. The lowest BCUT2D eigenvalue weighted by Gasteiger charge is -2.24. The number of para-hydroxylation sites is 1. The molecule has 3 aromatic rings. The summed E-state index contributed by atoms with van der Waals surface area (Å²) in [6.07, 6.45) is 5.22. The molecule has 0 aliphatic carbocycles. The first-order valence-corrected chi connectivity index (χ1v) is 9.97. The Morgan fingerprint density at radius 3 is 2.69 bits per heavy atom. The number of carbonyl (C=O) groups excluding carboxylic acids is 1. The van der Waals surface area contributed by atoms with E-state index in [1.807, 2.05) is 18.2 Å². The molecule has 0 radical (unpaired) electrons. The first-order chi connectivity index (χ1) is 13.8. The van der Waals surface area contributed by atoms with Crippen molar-refractivity contribution in [1.29, 1.82) is 0 Å². The van der Waals surface area contributed by atoms with Crippen LogP contribution >= 0.6 is 12.4 Å². The predicted molar refractivity (Wildman–Crippen MR) is 119 cm³/mol. The molecule has 4 rings (SSSR count). The second-order valence-electron chi connectivity index (χ2n) is 7.36. The van der Waals surface area contributed by atoms with Crippen molar-refractivity contribution in [2.75, 3.05) is 20.2 Å². The minimum atomic E-state index is -0.0757. The molecule has 6 heteroatoms. The molecule has 1 aliphatic heterocycles. The fourth-order valence-electron chi connectivity index (χ4n) is 4.03. The van der Waals surface area contributed by atoms with Gasteiger partial charge in [0.1, 0.15) is 5.75 Å². The number of methoxy groups -OCH3 is 1. The number of ether oxygens (including phenoxy) is 1. The van der Waals surface area contributed by atoms with Gasteiger partial charge in [-0.1, -0.05) is 36.8 Å². The van der Waals surface area contributed by atoms with Gasteiger partial charge in [-0.25, -0.2) is 0 Å². The Kier molecular flexibility index (Phi) is 7.18. The number of carbonyl (C=O) groups is 1. The van der Waals surface area contributed by atoms with Crippen molar-refractivity contribution >= 4 is 29.2 Å². The number of aromatic nitrogens is 1. The van der Waals surface area contributed by atoms with Gasteiger partial charge in [-0.2, -0.15) is 0 Å². The number of H-pyrrole nitrogens is 1. The first-order valence-electron chi connectivity index (χ1n) is 9.97. The number of hydrogen-bond donors (Lipinski definition) is 3. The first kappa shape index (κ1) is 21.2. The van der Waals surface area contributed by atoms with Crippen LogP contribution in [0.4, 0.5) is 0 Å². The fraction of sp³-hybridized carbons (Fsp3) is 0.348. The molecule has 5 nitrogen and oxygen atoms in total. The van der Waals surface area contributed by atoms with Crippen molar-refractivity contribution in [2.24, 2.45) is 0 Å². The van der Waals surface area contributed by atoms with Crippen LogP contribution in [-0.4, -0.2) is 37.1 Å². The number of halogens is 1. The van der Waals surface area contributed by atoms with Gasteiger partial charge in [-0.15, -0.1) is 12.4 Å². The number of amides is 1. The summed E-state index contributed by atoms with van der Waals surface area (Å²) in [5, 5.41) is 7.70. The predicted octanol–water partition coefficient (Wildman–Crippen LogP) is 3.99. The molecule has 3 N–H and O–H groups in total. The van der Waals surface area contributed by atoms with Gasteiger partial charge in [0.05, 0.1) is 13.2 Å². The lowest BCUT2D eigenvalue weighted by atomic mass is 9.90. The summed E-state index contributed by atoms with van der Waals surface area (Å²) in [5.41, 5.74) is 3.46. The maximum atomic E-state index is 12.7. The van der Waals surface area contributed by atoms with E-state index in [1.54, 1.807) is 7.11 Å². The molecule has 0 spiro atoms. The highest BCUT2D eigenvalue weighted by Gasteiger charge is 2.23. The van der Waals surface area contributed by atoms with E-state index in [1.165, 1.54) is 10.9 Å². The SMILES string of the molecule is COc1ccc(C(CNC(=O)C2CCCCN2)c2c[nH]c3ccccc23)cc1.Cl. The van der Waals surface area contributed by atoms with Gasteiger partial charge < -0.3 is 20.4 Å². The van der Waals surface area contributed by atoms with Crippen molar-refractivity contribution in [3.05, 3.63) is 65.9 Å². The molecule has 2 heterocycles. The van der Waals surface area contributed by atoms with Crippen LogP contribution in [0.3, 0.4) is 0 Å². The summed E-state index contributed by atoms with van der Waals surface area (Å²) in [5.74, 6) is 0.990. The summed E-state index contributed by atoms with van der Waals surface area (Å²) < 4.78 is 5.30. The molecule has 154 valence electrons. The van der Waals surface area contributed by atoms with Crippen molar-refractivity contribution in [3.63, 3.8) is 0 Å². The van der Waals surface area contributed by atoms with Gasteiger partial charge in [0, 0.05) is 29.6 Å². The van der Waals surface area contributed by atoms with Gasteiger partial charge in [0.25, 0.3) is 0 Å². The Bertz CT molecular complexity index is 933. The highest BCUT2D eigenvalue weighted by Crippen LogP contribution is 2.31. The molecule has 2 atom stereocenters. The van der Waals surface area contributed by atoms with E-state index >= 15 is 0 Å². The summed E-state index contributed by atoms with van der Waals surface area (Å²) >= 11 is 0. The average Bonchev–Trinajstić information content (AvgIpc) is 3.19. The zero-order valence-corrected chi connectivity index (χ0v) is 17.4. The van der Waals surface area contributed by atoms with Crippen molar-refractivity contribution in [1.82, 2.24) is 15.6 Å². The molecule has 0 bridgehead atoms. The lowest BCUT2D eigenvalue weighted by molar-refractivity contribution is -0.123. The number of hydrogen-bond acceptors (Lipinski definition) is 3. The quantitative estimate of drug-likeness (QED) is 0.572. The zero-order chi connectivity index (χ0) is 19.3. The summed E-state index contributed by atoms with van der Waals surface area (Å²) in [7, 11) is 1.67. The molecule has 2 aromatic carbocycles.